The average molecular weight is 646 g/mol. The third-order valence-corrected chi connectivity index (χ3v) is 7.89. The number of esters is 2. The summed E-state index contributed by atoms with van der Waals surface area (Å²) in [7, 11) is 2.87. The van der Waals surface area contributed by atoms with Crippen molar-refractivity contribution in [3.63, 3.8) is 0 Å². The van der Waals surface area contributed by atoms with Crippen molar-refractivity contribution in [2.45, 2.75) is 81.0 Å². The maximum Gasteiger partial charge on any atom is 0.376 e. The van der Waals surface area contributed by atoms with Crippen molar-refractivity contribution in [1.82, 2.24) is 9.97 Å². The zero-order valence-electron chi connectivity index (χ0n) is 21.6. The first-order valence-electron chi connectivity index (χ1n) is 12.5. The van der Waals surface area contributed by atoms with Crippen LogP contribution >= 0.6 is 31.9 Å². The van der Waals surface area contributed by atoms with Crippen LogP contribution in [0.3, 0.4) is 0 Å². The summed E-state index contributed by atoms with van der Waals surface area (Å²) in [5, 5.41) is 0.480. The summed E-state index contributed by atoms with van der Waals surface area (Å²) < 4.78 is 25.7. The fourth-order valence-electron chi connectivity index (χ4n) is 4.32. The average Bonchev–Trinajstić information content (AvgIpc) is 3.55. The lowest BCUT2D eigenvalue weighted by molar-refractivity contribution is 0.0484. The van der Waals surface area contributed by atoms with Crippen LogP contribution in [0.4, 0.5) is 0 Å². The maximum atomic E-state index is 11.8. The summed E-state index contributed by atoms with van der Waals surface area (Å²) in [5.41, 5.74) is 2.16. The number of carbonyl (C=O) groups is 2. The van der Waals surface area contributed by atoms with E-state index in [9.17, 15) is 9.59 Å². The Labute approximate surface area is 234 Å². The number of halogens is 2. The molecular weight excluding hydrogens is 612 g/mol. The topological polar surface area (TPSA) is 114 Å². The Kier molecular flexibility index (Phi) is 11.4. The molecule has 2 aliphatic rings. The number of rotatable bonds is 8. The fourth-order valence-corrected chi connectivity index (χ4v) is 5.43. The lowest BCUT2D eigenvalue weighted by Gasteiger charge is -2.28. The molecule has 9 nitrogen and oxygen atoms in total. The number of oxazole rings is 2. The Hall–Kier alpha value is -1.98. The van der Waals surface area contributed by atoms with E-state index in [0.717, 1.165) is 50.5 Å². The Morgan fingerprint density at radius 2 is 1.73 bits per heavy atom. The number of aromatic nitrogens is 2. The first kappa shape index (κ1) is 29.6. The van der Waals surface area contributed by atoms with Crippen molar-refractivity contribution in [3.05, 3.63) is 40.8 Å². The largest absolute Gasteiger partial charge is 0.463 e. The Morgan fingerprint density at radius 1 is 1.00 bits per heavy atom. The molecule has 0 aliphatic heterocycles. The highest BCUT2D eigenvalue weighted by atomic mass is 79.9. The van der Waals surface area contributed by atoms with Crippen molar-refractivity contribution in [2.75, 3.05) is 20.8 Å². The number of alkyl halides is 2. The van der Waals surface area contributed by atoms with Gasteiger partial charge in [0.05, 0.1) is 20.3 Å². The minimum absolute atomic E-state index is 0.140. The first-order valence-corrected chi connectivity index (χ1v) is 14.5. The van der Waals surface area contributed by atoms with Crippen LogP contribution in [-0.4, -0.2) is 42.7 Å². The van der Waals surface area contributed by atoms with Crippen molar-refractivity contribution in [2.24, 2.45) is 0 Å². The van der Waals surface area contributed by atoms with E-state index in [2.05, 4.69) is 52.6 Å². The highest BCUT2D eigenvalue weighted by Gasteiger charge is 2.37. The van der Waals surface area contributed by atoms with E-state index >= 15 is 0 Å². The molecule has 11 heteroatoms. The molecule has 1 fully saturated rings. The third-order valence-electron chi connectivity index (χ3n) is 6.23. The molecule has 2 heterocycles. The van der Waals surface area contributed by atoms with E-state index in [4.69, 9.17) is 18.3 Å². The van der Waals surface area contributed by atoms with Crippen LogP contribution in [0.1, 0.15) is 109 Å². The molecule has 37 heavy (non-hydrogen) atoms. The molecule has 0 bridgehead atoms. The van der Waals surface area contributed by atoms with Gasteiger partial charge in [0.1, 0.15) is 15.7 Å². The number of hydrogen-bond donors (Lipinski definition) is 0. The molecule has 0 spiro atoms. The van der Waals surface area contributed by atoms with E-state index in [1.165, 1.54) is 20.0 Å². The van der Waals surface area contributed by atoms with Gasteiger partial charge in [0.15, 0.2) is 0 Å². The zero-order valence-corrected chi connectivity index (χ0v) is 24.7. The Bertz CT molecular complexity index is 1090. The molecule has 2 aromatic rings. The smallest absolute Gasteiger partial charge is 0.376 e. The standard InChI is InChI=1S/C13H17Br2NO3.C13H17NO4/c1-2-18-11(17)10-9(8-14)16-12(19-10)13(15)6-4-3-5-7-13;1-16-8-10-11(13(15)17-2)18-12(14-10)9-6-4-3-5-7-9/h2-8H2,1H3;6H,3-5,7-8H2,1-2H3. The Balaban J connectivity index is 0.000000206. The van der Waals surface area contributed by atoms with E-state index in [0.29, 0.717) is 35.1 Å². The van der Waals surface area contributed by atoms with Gasteiger partial charge in [-0.2, -0.15) is 0 Å². The monoisotopic (exact) mass is 644 g/mol. The second-order valence-corrected chi connectivity index (χ2v) is 10.9. The van der Waals surface area contributed by atoms with Crippen molar-refractivity contribution in [1.29, 1.82) is 0 Å². The molecule has 0 N–H and O–H groups in total. The second-order valence-electron chi connectivity index (χ2n) is 8.87. The molecule has 0 saturated heterocycles. The van der Waals surface area contributed by atoms with Crippen LogP contribution < -0.4 is 0 Å². The summed E-state index contributed by atoms with van der Waals surface area (Å²) in [4.78, 5) is 32.2. The molecule has 0 unspecified atom stereocenters. The predicted molar refractivity (Wildman–Crippen MR) is 144 cm³/mol. The molecule has 2 aliphatic carbocycles. The second kappa shape index (κ2) is 14.2. The molecule has 0 atom stereocenters. The van der Waals surface area contributed by atoms with Gasteiger partial charge in [0.2, 0.25) is 23.3 Å². The van der Waals surface area contributed by atoms with Gasteiger partial charge in [-0.3, -0.25) is 0 Å². The molecule has 0 radical (unpaired) electrons. The number of nitrogens with zero attached hydrogens (tertiary/aromatic N) is 2. The van der Waals surface area contributed by atoms with Crippen molar-refractivity contribution in [3.8, 4) is 0 Å². The normalized spacial score (nSPS) is 16.8. The Morgan fingerprint density at radius 3 is 2.32 bits per heavy atom. The minimum atomic E-state index is -0.516. The van der Waals surface area contributed by atoms with Crippen LogP contribution in [-0.2, 0) is 30.5 Å². The first-order chi connectivity index (χ1) is 17.9. The molecule has 1 saturated carbocycles. The molecule has 204 valence electrons. The summed E-state index contributed by atoms with van der Waals surface area (Å²) in [6, 6.07) is 0. The summed E-state index contributed by atoms with van der Waals surface area (Å²) >= 11 is 7.08. The van der Waals surface area contributed by atoms with Crippen LogP contribution in [0.5, 0.6) is 0 Å². The summed E-state index contributed by atoms with van der Waals surface area (Å²) in [5.74, 6) is 0.519. The highest BCUT2D eigenvalue weighted by Crippen LogP contribution is 2.44. The van der Waals surface area contributed by atoms with E-state index in [-0.39, 0.29) is 22.5 Å². The molecule has 2 aromatic heterocycles. The van der Waals surface area contributed by atoms with E-state index in [1.54, 1.807) is 14.0 Å². The number of hydrogen-bond acceptors (Lipinski definition) is 9. The highest BCUT2D eigenvalue weighted by molar-refractivity contribution is 9.09. The molecule has 4 rings (SSSR count). The predicted octanol–water partition coefficient (Wildman–Crippen LogP) is 6.87. The molecule has 0 aromatic carbocycles. The van der Waals surface area contributed by atoms with Gasteiger partial charge in [0, 0.05) is 18.0 Å². The van der Waals surface area contributed by atoms with Crippen molar-refractivity contribution >= 4 is 49.4 Å². The van der Waals surface area contributed by atoms with Crippen molar-refractivity contribution < 1.29 is 32.6 Å². The molecule has 0 amide bonds. The van der Waals surface area contributed by atoms with E-state index < -0.39 is 11.9 Å². The van der Waals surface area contributed by atoms with Gasteiger partial charge in [-0.25, -0.2) is 19.6 Å². The van der Waals surface area contributed by atoms with Gasteiger partial charge < -0.3 is 23.0 Å². The van der Waals surface area contributed by atoms with Gasteiger partial charge in [-0.05, 0) is 45.4 Å². The molecular formula is C26H34Br2N2O7. The van der Waals surface area contributed by atoms with Crippen LogP contribution in [0, 0.1) is 0 Å². The maximum absolute atomic E-state index is 11.8. The number of allylic oxidation sites excluding steroid dienone is 2. The lowest BCUT2D eigenvalue weighted by Crippen LogP contribution is -2.21. The van der Waals surface area contributed by atoms with Crippen LogP contribution in [0.2, 0.25) is 0 Å². The van der Waals surface area contributed by atoms with Crippen LogP contribution in [0.15, 0.2) is 14.9 Å². The summed E-state index contributed by atoms with van der Waals surface area (Å²) in [6.45, 7) is 2.34. The number of carbonyl (C=O) groups excluding carboxylic acids is 2. The SMILES string of the molecule is CCOC(=O)c1oc(C2(Br)CCCCC2)nc1CBr.COCc1nc(C2=CCCCC2)oc1C(=O)OC. The van der Waals surface area contributed by atoms with Gasteiger partial charge >= 0.3 is 11.9 Å². The van der Waals surface area contributed by atoms with Gasteiger partial charge in [0.25, 0.3) is 0 Å². The van der Waals surface area contributed by atoms with Gasteiger partial charge in [-0.1, -0.05) is 57.2 Å². The van der Waals surface area contributed by atoms with E-state index in [1.807, 2.05) is 0 Å². The minimum Gasteiger partial charge on any atom is -0.463 e. The zero-order chi connectivity index (χ0) is 26.8. The lowest BCUT2D eigenvalue weighted by atomic mass is 9.89. The summed E-state index contributed by atoms with van der Waals surface area (Å²) in [6.07, 6.45) is 11.9. The van der Waals surface area contributed by atoms with Crippen LogP contribution in [0.25, 0.3) is 5.57 Å². The fraction of sp³-hybridized carbons (Fsp3) is 0.615. The number of ether oxygens (including phenoxy) is 3. The quantitative estimate of drug-likeness (QED) is 0.224. The number of methoxy groups -OCH3 is 2. The van der Waals surface area contributed by atoms with Gasteiger partial charge in [-0.15, -0.1) is 0 Å². The third kappa shape index (κ3) is 7.54.